The molecule has 0 radical (unpaired) electrons. The van der Waals surface area contributed by atoms with Gasteiger partial charge in [0.15, 0.2) is 0 Å². The molecule has 0 aromatic carbocycles. The molecule has 0 saturated heterocycles. The van der Waals surface area contributed by atoms with Crippen molar-refractivity contribution in [1.29, 1.82) is 0 Å². The van der Waals surface area contributed by atoms with Crippen molar-refractivity contribution in [3.8, 4) is 0 Å². The first-order valence-electron chi connectivity index (χ1n) is 6.02. The van der Waals surface area contributed by atoms with Crippen molar-refractivity contribution in [1.82, 2.24) is 14.7 Å². The highest BCUT2D eigenvalue weighted by Gasteiger charge is 2.12. The minimum Gasteiger partial charge on any atom is -0.465 e. The Labute approximate surface area is 107 Å². The van der Waals surface area contributed by atoms with E-state index < -0.39 is 0 Å². The Hall–Kier alpha value is -1.59. The van der Waals surface area contributed by atoms with Crippen LogP contribution in [0.3, 0.4) is 0 Å². The summed E-state index contributed by atoms with van der Waals surface area (Å²) >= 11 is 0. The van der Waals surface area contributed by atoms with Crippen molar-refractivity contribution in [3.63, 3.8) is 0 Å². The van der Waals surface area contributed by atoms with Crippen molar-refractivity contribution in [2.45, 2.75) is 19.5 Å². The van der Waals surface area contributed by atoms with E-state index in [1.54, 1.807) is 4.68 Å². The molecule has 98 valence electrons. The van der Waals surface area contributed by atoms with Crippen LogP contribution in [0.4, 0.5) is 0 Å². The summed E-state index contributed by atoms with van der Waals surface area (Å²) in [7, 11) is 3.93. The molecular formula is C13H20N4O. The van der Waals surface area contributed by atoms with Crippen molar-refractivity contribution >= 4 is 0 Å². The number of nitrogens with zero attached hydrogens (tertiary/aromatic N) is 3. The number of aryl methyl sites for hydroxylation is 2. The predicted molar refractivity (Wildman–Crippen MR) is 69.9 cm³/mol. The van der Waals surface area contributed by atoms with Crippen LogP contribution >= 0.6 is 0 Å². The van der Waals surface area contributed by atoms with Crippen LogP contribution in [0, 0.1) is 6.92 Å². The quantitative estimate of drug-likeness (QED) is 0.870. The van der Waals surface area contributed by atoms with Gasteiger partial charge in [0.2, 0.25) is 0 Å². The smallest absolute Gasteiger partial charge is 0.118 e. The first-order valence-corrected chi connectivity index (χ1v) is 6.02. The number of furan rings is 1. The lowest BCUT2D eigenvalue weighted by Gasteiger charge is -2.19. The van der Waals surface area contributed by atoms with Crippen LogP contribution in [0.15, 0.2) is 28.9 Å². The summed E-state index contributed by atoms with van der Waals surface area (Å²) in [4.78, 5) is 2.15. The molecule has 0 saturated carbocycles. The Morgan fingerprint density at radius 3 is 2.83 bits per heavy atom. The molecule has 0 aliphatic rings. The third-order valence-electron chi connectivity index (χ3n) is 2.88. The standard InChI is InChI=1S/C13H20N4O/c1-10-4-5-12(18-10)8-16(2)9-13(14)11-6-15-17(3)7-11/h4-7,13H,8-9,14H2,1-3H3. The van der Waals surface area contributed by atoms with Gasteiger partial charge in [0.1, 0.15) is 11.5 Å². The van der Waals surface area contributed by atoms with E-state index in [1.165, 1.54) is 0 Å². The van der Waals surface area contributed by atoms with E-state index in [4.69, 9.17) is 10.2 Å². The van der Waals surface area contributed by atoms with Crippen LogP contribution in [0.25, 0.3) is 0 Å². The highest BCUT2D eigenvalue weighted by atomic mass is 16.3. The number of likely N-dealkylation sites (N-methyl/N-ethyl adjacent to an activating group) is 1. The maximum Gasteiger partial charge on any atom is 0.118 e. The molecule has 2 rings (SSSR count). The van der Waals surface area contributed by atoms with Gasteiger partial charge in [-0.3, -0.25) is 9.58 Å². The second-order valence-corrected chi connectivity index (χ2v) is 4.76. The summed E-state index contributed by atoms with van der Waals surface area (Å²) in [6.45, 7) is 3.48. The molecular weight excluding hydrogens is 228 g/mol. The van der Waals surface area contributed by atoms with Crippen molar-refractivity contribution in [2.75, 3.05) is 13.6 Å². The van der Waals surface area contributed by atoms with Crippen LogP contribution in [0.2, 0.25) is 0 Å². The Bertz CT molecular complexity index is 503. The Morgan fingerprint density at radius 1 is 1.50 bits per heavy atom. The van der Waals surface area contributed by atoms with E-state index in [2.05, 4.69) is 10.00 Å². The van der Waals surface area contributed by atoms with Crippen molar-refractivity contribution in [3.05, 3.63) is 41.6 Å². The van der Waals surface area contributed by atoms with Crippen molar-refractivity contribution in [2.24, 2.45) is 12.8 Å². The van der Waals surface area contributed by atoms with E-state index in [-0.39, 0.29) is 6.04 Å². The van der Waals surface area contributed by atoms with E-state index in [0.717, 1.165) is 30.2 Å². The number of hydrogen-bond donors (Lipinski definition) is 1. The molecule has 2 aromatic heterocycles. The zero-order chi connectivity index (χ0) is 13.1. The van der Waals surface area contributed by atoms with Crippen LogP contribution in [-0.2, 0) is 13.6 Å². The fourth-order valence-corrected chi connectivity index (χ4v) is 1.97. The molecule has 5 nitrogen and oxygen atoms in total. The molecule has 1 atom stereocenters. The highest BCUT2D eigenvalue weighted by molar-refractivity contribution is 5.10. The summed E-state index contributed by atoms with van der Waals surface area (Å²) < 4.78 is 7.32. The number of aromatic nitrogens is 2. The average molecular weight is 248 g/mol. The van der Waals surface area contributed by atoms with Gasteiger partial charge < -0.3 is 10.2 Å². The molecule has 1 unspecified atom stereocenters. The molecule has 18 heavy (non-hydrogen) atoms. The molecule has 0 amide bonds. The molecule has 0 bridgehead atoms. The summed E-state index contributed by atoms with van der Waals surface area (Å²) in [6, 6.07) is 3.95. The minimum atomic E-state index is -0.0280. The van der Waals surface area contributed by atoms with Crippen LogP contribution < -0.4 is 5.73 Å². The van der Waals surface area contributed by atoms with Gasteiger partial charge in [-0.1, -0.05) is 0 Å². The fourth-order valence-electron chi connectivity index (χ4n) is 1.97. The molecule has 0 aliphatic heterocycles. The molecule has 2 aromatic rings. The lowest BCUT2D eigenvalue weighted by molar-refractivity contribution is 0.276. The van der Waals surface area contributed by atoms with Crippen LogP contribution in [-0.4, -0.2) is 28.3 Å². The van der Waals surface area contributed by atoms with Gasteiger partial charge in [-0.15, -0.1) is 0 Å². The van der Waals surface area contributed by atoms with Crippen molar-refractivity contribution < 1.29 is 4.42 Å². The summed E-state index contributed by atoms with van der Waals surface area (Å²) in [5.74, 6) is 1.91. The zero-order valence-corrected chi connectivity index (χ0v) is 11.1. The maximum atomic E-state index is 6.14. The third kappa shape index (κ3) is 3.21. The molecule has 0 aliphatic carbocycles. The van der Waals surface area contributed by atoms with Gasteiger partial charge in [0.25, 0.3) is 0 Å². The minimum absolute atomic E-state index is 0.0280. The number of hydrogen-bond acceptors (Lipinski definition) is 4. The van der Waals surface area contributed by atoms with E-state index in [1.807, 2.05) is 45.5 Å². The molecule has 0 fully saturated rings. The number of nitrogens with two attached hydrogens (primary N) is 1. The summed E-state index contributed by atoms with van der Waals surface area (Å²) in [5.41, 5.74) is 7.20. The van der Waals surface area contributed by atoms with Gasteiger partial charge in [-0.2, -0.15) is 5.10 Å². The van der Waals surface area contributed by atoms with Gasteiger partial charge in [0, 0.05) is 31.4 Å². The van der Waals surface area contributed by atoms with E-state index in [0.29, 0.717) is 0 Å². The van der Waals surface area contributed by atoms with E-state index >= 15 is 0 Å². The van der Waals surface area contributed by atoms with E-state index in [9.17, 15) is 0 Å². The van der Waals surface area contributed by atoms with Gasteiger partial charge in [-0.05, 0) is 26.1 Å². The lowest BCUT2D eigenvalue weighted by atomic mass is 10.1. The Balaban J connectivity index is 1.89. The molecule has 2 N–H and O–H groups in total. The molecule has 0 spiro atoms. The first kappa shape index (κ1) is 12.9. The van der Waals surface area contributed by atoms with Crippen LogP contribution in [0.1, 0.15) is 23.1 Å². The first-order chi connectivity index (χ1) is 8.54. The van der Waals surface area contributed by atoms with Gasteiger partial charge in [-0.25, -0.2) is 0 Å². The normalized spacial score (nSPS) is 13.2. The monoisotopic (exact) mass is 248 g/mol. The second-order valence-electron chi connectivity index (χ2n) is 4.76. The number of rotatable bonds is 5. The Kier molecular flexibility index (Phi) is 3.84. The van der Waals surface area contributed by atoms with Gasteiger partial charge >= 0.3 is 0 Å². The molecule has 2 heterocycles. The Morgan fingerprint density at radius 2 is 2.28 bits per heavy atom. The lowest BCUT2D eigenvalue weighted by Crippen LogP contribution is -2.28. The highest BCUT2D eigenvalue weighted by Crippen LogP contribution is 2.13. The average Bonchev–Trinajstić information content (AvgIpc) is 2.87. The fraction of sp³-hybridized carbons (Fsp3) is 0.462. The van der Waals surface area contributed by atoms with Crippen LogP contribution in [0.5, 0.6) is 0 Å². The topological polar surface area (TPSA) is 60.2 Å². The van der Waals surface area contributed by atoms with Gasteiger partial charge in [0.05, 0.1) is 12.7 Å². The zero-order valence-electron chi connectivity index (χ0n) is 11.1. The largest absolute Gasteiger partial charge is 0.465 e. The molecule has 5 heteroatoms. The summed E-state index contributed by atoms with van der Waals surface area (Å²) in [6.07, 6.45) is 3.77. The SMILES string of the molecule is Cc1ccc(CN(C)CC(N)c2cnn(C)c2)o1. The predicted octanol–water partition coefficient (Wildman–Crippen LogP) is 1.45. The second kappa shape index (κ2) is 5.37. The third-order valence-corrected chi connectivity index (χ3v) is 2.88. The maximum absolute atomic E-state index is 6.14. The summed E-state index contributed by atoms with van der Waals surface area (Å²) in [5, 5.41) is 4.13.